The number of hydrogen-bond donors (Lipinski definition) is 2. The van der Waals surface area contributed by atoms with E-state index in [2.05, 4.69) is 17.4 Å². The molecule has 0 radical (unpaired) electrons. The molecule has 1 aromatic heterocycles. The molecule has 5 nitrogen and oxygen atoms in total. The molecule has 4 rings (SSSR count). The number of ether oxygens (including phenoxy) is 1. The first-order valence-corrected chi connectivity index (χ1v) is 10.2. The Balaban J connectivity index is 1.44. The number of carbonyl (C=O) groups excluding carboxylic acids is 1. The van der Waals surface area contributed by atoms with E-state index in [0.29, 0.717) is 12.1 Å². The average molecular weight is 391 g/mol. The molecule has 0 bridgehead atoms. The van der Waals surface area contributed by atoms with Crippen LogP contribution < -0.4 is 15.0 Å². The largest absolute Gasteiger partial charge is 0.497 e. The first-order valence-electron chi connectivity index (χ1n) is 10.2. The molecule has 3 aromatic rings. The Morgan fingerprint density at radius 3 is 2.31 bits per heavy atom. The maximum Gasteiger partial charge on any atom is 0.251 e. The van der Waals surface area contributed by atoms with Gasteiger partial charge in [-0.15, -0.1) is 0 Å². The zero-order valence-corrected chi connectivity index (χ0v) is 16.8. The minimum absolute atomic E-state index is 0.0267. The molecule has 0 spiro atoms. The van der Waals surface area contributed by atoms with E-state index in [4.69, 9.17) is 4.74 Å². The third-order valence-electron chi connectivity index (χ3n) is 5.76. The second kappa shape index (κ2) is 8.97. The molecule has 5 heteroatoms. The summed E-state index contributed by atoms with van der Waals surface area (Å²) >= 11 is 0. The van der Waals surface area contributed by atoms with Gasteiger partial charge in [0.15, 0.2) is 0 Å². The molecule has 2 aromatic carbocycles. The van der Waals surface area contributed by atoms with E-state index in [0.717, 1.165) is 24.5 Å². The second-order valence-corrected chi connectivity index (χ2v) is 7.54. The van der Waals surface area contributed by atoms with Gasteiger partial charge in [0.1, 0.15) is 11.8 Å². The smallest absolute Gasteiger partial charge is 0.251 e. The van der Waals surface area contributed by atoms with E-state index in [1.165, 1.54) is 18.4 Å². The van der Waals surface area contributed by atoms with Crippen LogP contribution in [0.3, 0.4) is 0 Å². The van der Waals surface area contributed by atoms with Crippen molar-refractivity contribution >= 4 is 5.91 Å². The van der Waals surface area contributed by atoms with Crippen LogP contribution in [0.1, 0.15) is 34.8 Å². The van der Waals surface area contributed by atoms with E-state index in [1.54, 1.807) is 12.0 Å². The summed E-state index contributed by atoms with van der Waals surface area (Å²) in [4.78, 5) is 14.3. The predicted molar refractivity (Wildman–Crippen MR) is 114 cm³/mol. The van der Waals surface area contributed by atoms with Crippen molar-refractivity contribution in [3.63, 3.8) is 0 Å². The van der Waals surface area contributed by atoms with Crippen molar-refractivity contribution in [1.29, 1.82) is 0 Å². The lowest BCUT2D eigenvalue weighted by Crippen LogP contribution is -3.11. The van der Waals surface area contributed by atoms with E-state index in [9.17, 15) is 4.79 Å². The standard InChI is InChI=1S/C24H27N3O2/c1-29-22-12-8-19(9-13-22)23(27-16-4-5-17-27)18-25-24(28)20-6-10-21(11-7-20)26-14-2-3-15-26/h2-3,6-15,23H,4-5,16-18H2,1H3,(H,25,28)/p+1/t23-/m1/s1. The lowest BCUT2D eigenvalue weighted by Gasteiger charge is -2.25. The zero-order valence-electron chi connectivity index (χ0n) is 16.8. The van der Waals surface area contributed by atoms with Crippen LogP contribution in [0, 0.1) is 0 Å². The summed E-state index contributed by atoms with van der Waals surface area (Å²) < 4.78 is 7.31. The quantitative estimate of drug-likeness (QED) is 0.652. The van der Waals surface area contributed by atoms with Crippen LogP contribution in [0.4, 0.5) is 0 Å². The highest BCUT2D eigenvalue weighted by molar-refractivity contribution is 5.94. The van der Waals surface area contributed by atoms with Crippen LogP contribution in [-0.2, 0) is 0 Å². The molecule has 1 fully saturated rings. The molecule has 2 N–H and O–H groups in total. The van der Waals surface area contributed by atoms with Gasteiger partial charge in [0.2, 0.25) is 0 Å². The summed E-state index contributed by atoms with van der Waals surface area (Å²) in [6, 6.07) is 20.2. The Hall–Kier alpha value is -3.05. The lowest BCUT2D eigenvalue weighted by atomic mass is 10.0. The number of nitrogens with zero attached hydrogens (tertiary/aromatic N) is 1. The van der Waals surface area contributed by atoms with Crippen molar-refractivity contribution < 1.29 is 14.4 Å². The molecule has 1 aliphatic heterocycles. The van der Waals surface area contributed by atoms with Gasteiger partial charge in [0.25, 0.3) is 5.91 Å². The first-order chi connectivity index (χ1) is 14.2. The van der Waals surface area contributed by atoms with Crippen LogP contribution in [0.25, 0.3) is 5.69 Å². The van der Waals surface area contributed by atoms with E-state index >= 15 is 0 Å². The maximum absolute atomic E-state index is 12.7. The normalized spacial score (nSPS) is 15.2. The maximum atomic E-state index is 12.7. The molecule has 1 saturated heterocycles. The first kappa shape index (κ1) is 19.3. The molecule has 1 atom stereocenters. The van der Waals surface area contributed by atoms with Crippen LogP contribution >= 0.6 is 0 Å². The Morgan fingerprint density at radius 1 is 1.03 bits per heavy atom. The van der Waals surface area contributed by atoms with E-state index in [1.807, 2.05) is 65.5 Å². The van der Waals surface area contributed by atoms with Gasteiger partial charge in [-0.1, -0.05) is 0 Å². The highest BCUT2D eigenvalue weighted by Gasteiger charge is 2.28. The third kappa shape index (κ3) is 4.51. The van der Waals surface area contributed by atoms with Gasteiger partial charge in [-0.05, 0) is 60.7 Å². The third-order valence-corrected chi connectivity index (χ3v) is 5.76. The molecule has 1 amide bonds. The van der Waals surface area contributed by atoms with Crippen LogP contribution in [0.15, 0.2) is 73.1 Å². The van der Waals surface area contributed by atoms with Gasteiger partial charge in [0.05, 0.1) is 26.7 Å². The molecule has 1 aliphatic rings. The van der Waals surface area contributed by atoms with Crippen LogP contribution in [0.5, 0.6) is 5.75 Å². The van der Waals surface area contributed by atoms with Crippen molar-refractivity contribution in [1.82, 2.24) is 9.88 Å². The SMILES string of the molecule is COc1ccc([C@@H](CNC(=O)c2ccc(-n3cccc3)cc2)[NH+]2CCCC2)cc1. The molecule has 29 heavy (non-hydrogen) atoms. The number of benzene rings is 2. The molecule has 0 saturated carbocycles. The topological polar surface area (TPSA) is 47.7 Å². The number of amides is 1. The molecular formula is C24H28N3O2+. The molecule has 0 unspecified atom stereocenters. The van der Waals surface area contributed by atoms with Crippen molar-refractivity contribution in [3.8, 4) is 11.4 Å². The van der Waals surface area contributed by atoms with Crippen LogP contribution in [0.2, 0.25) is 0 Å². The zero-order chi connectivity index (χ0) is 20.1. The minimum atomic E-state index is -0.0267. The molecule has 150 valence electrons. The Bertz CT molecular complexity index is 912. The summed E-state index contributed by atoms with van der Waals surface area (Å²) in [6.45, 7) is 2.93. The predicted octanol–water partition coefficient (Wildman–Crippen LogP) is 2.64. The number of aromatic nitrogens is 1. The number of carbonyl (C=O) groups is 1. The van der Waals surface area contributed by atoms with Crippen molar-refractivity contribution in [2.75, 3.05) is 26.7 Å². The van der Waals surface area contributed by atoms with Gasteiger partial charge < -0.3 is 19.5 Å². The fourth-order valence-electron chi connectivity index (χ4n) is 4.10. The monoisotopic (exact) mass is 390 g/mol. The fourth-order valence-corrected chi connectivity index (χ4v) is 4.10. The molecule has 2 heterocycles. The number of likely N-dealkylation sites (tertiary alicyclic amines) is 1. The second-order valence-electron chi connectivity index (χ2n) is 7.54. The van der Waals surface area contributed by atoms with Gasteiger partial charge >= 0.3 is 0 Å². The summed E-state index contributed by atoms with van der Waals surface area (Å²) in [5.41, 5.74) is 2.97. The summed E-state index contributed by atoms with van der Waals surface area (Å²) in [6.07, 6.45) is 6.48. The number of nitrogens with one attached hydrogen (secondary N) is 2. The lowest BCUT2D eigenvalue weighted by molar-refractivity contribution is -0.918. The summed E-state index contributed by atoms with van der Waals surface area (Å²) in [7, 11) is 1.68. The number of methoxy groups -OCH3 is 1. The minimum Gasteiger partial charge on any atom is -0.497 e. The van der Waals surface area contributed by atoms with Crippen molar-refractivity contribution in [3.05, 3.63) is 84.2 Å². The Kier molecular flexibility index (Phi) is 5.96. The highest BCUT2D eigenvalue weighted by Crippen LogP contribution is 2.17. The van der Waals surface area contributed by atoms with Crippen molar-refractivity contribution in [2.45, 2.75) is 18.9 Å². The summed E-state index contributed by atoms with van der Waals surface area (Å²) in [5, 5.41) is 3.16. The summed E-state index contributed by atoms with van der Waals surface area (Å²) in [5.74, 6) is 0.830. The number of quaternary nitrogens is 1. The van der Waals surface area contributed by atoms with Gasteiger partial charge in [-0.3, -0.25) is 4.79 Å². The number of rotatable bonds is 7. The average Bonchev–Trinajstić information content (AvgIpc) is 3.49. The van der Waals surface area contributed by atoms with Gasteiger partial charge in [-0.2, -0.15) is 0 Å². The molecule has 0 aliphatic carbocycles. The van der Waals surface area contributed by atoms with Gasteiger partial charge in [0, 0.05) is 42.0 Å². The Labute approximate surface area is 171 Å². The Morgan fingerprint density at radius 2 is 1.69 bits per heavy atom. The van der Waals surface area contributed by atoms with E-state index in [-0.39, 0.29) is 11.9 Å². The fraction of sp³-hybridized carbons (Fsp3) is 0.292. The molecular weight excluding hydrogens is 362 g/mol. The highest BCUT2D eigenvalue weighted by atomic mass is 16.5. The van der Waals surface area contributed by atoms with Crippen molar-refractivity contribution in [2.24, 2.45) is 0 Å². The van der Waals surface area contributed by atoms with E-state index < -0.39 is 0 Å². The number of hydrogen-bond acceptors (Lipinski definition) is 2. The van der Waals surface area contributed by atoms with Crippen LogP contribution in [-0.4, -0.2) is 37.2 Å². The van der Waals surface area contributed by atoms with Gasteiger partial charge in [-0.25, -0.2) is 0 Å².